The molecule has 2 atom stereocenters. The van der Waals surface area contributed by atoms with E-state index in [9.17, 15) is 4.57 Å². The summed E-state index contributed by atoms with van der Waals surface area (Å²) >= 11 is 0. The van der Waals surface area contributed by atoms with Crippen molar-refractivity contribution in [3.8, 4) is 0 Å². The van der Waals surface area contributed by atoms with Crippen molar-refractivity contribution in [3.05, 3.63) is 0 Å². The van der Waals surface area contributed by atoms with Crippen LogP contribution >= 0.6 is 8.69 Å². The monoisotopic (exact) mass is 173 g/mol. The van der Waals surface area contributed by atoms with Crippen LogP contribution in [0, 0.1) is 0 Å². The molecule has 0 amide bonds. The molecule has 1 fully saturated rings. The van der Waals surface area contributed by atoms with Gasteiger partial charge in [0.25, 0.3) is 0 Å². The molecular formula is C5H9BNO3P. The highest BCUT2D eigenvalue weighted by molar-refractivity contribution is 7.17. The molecule has 6 heteroatoms. The molecule has 2 unspecified atom stereocenters. The number of hydrogen-bond donors (Lipinski definition) is 1. The maximum atomic E-state index is 9.90. The molecular weight excluding hydrogens is 164 g/mol. The van der Waals surface area contributed by atoms with Gasteiger partial charge >= 0.3 is 8.69 Å². The summed E-state index contributed by atoms with van der Waals surface area (Å²) in [5, 5.41) is 3.06. The number of morpholine rings is 1. The lowest BCUT2D eigenvalue weighted by Gasteiger charge is -2.28. The molecule has 2 radical (unpaired) electrons. The van der Waals surface area contributed by atoms with Crippen molar-refractivity contribution < 1.29 is 13.8 Å². The van der Waals surface area contributed by atoms with E-state index >= 15 is 0 Å². The van der Waals surface area contributed by atoms with Crippen molar-refractivity contribution >= 4 is 16.5 Å². The third-order valence-electron chi connectivity index (χ3n) is 1.40. The molecule has 0 aromatic heterocycles. The average Bonchev–Trinajstić information content (AvgIpc) is 2.01. The molecule has 4 nitrogen and oxygen atoms in total. The van der Waals surface area contributed by atoms with Gasteiger partial charge in [-0.1, -0.05) is 0 Å². The number of nitrogens with one attached hydrogen (secondary N) is 1. The highest BCUT2D eigenvalue weighted by atomic mass is 31.1. The summed E-state index contributed by atoms with van der Waals surface area (Å²) in [5.74, 6) is 0. The van der Waals surface area contributed by atoms with Crippen LogP contribution in [-0.2, 0) is 13.8 Å². The van der Waals surface area contributed by atoms with E-state index in [4.69, 9.17) is 12.6 Å². The van der Waals surface area contributed by atoms with E-state index in [2.05, 4.69) is 9.84 Å². The number of ether oxygens (including phenoxy) is 1. The highest BCUT2D eigenvalue weighted by Crippen LogP contribution is 2.04. The Morgan fingerprint density at radius 1 is 1.73 bits per heavy atom. The molecule has 0 aromatic carbocycles. The summed E-state index contributed by atoms with van der Waals surface area (Å²) in [7, 11) is 5.16. The smallest absolute Gasteiger partial charge is 0.327 e. The lowest BCUT2D eigenvalue weighted by atomic mass is 9.98. The topological polar surface area (TPSA) is 47.6 Å². The van der Waals surface area contributed by atoms with Crippen molar-refractivity contribution in [2.24, 2.45) is 0 Å². The Labute approximate surface area is 68.3 Å². The van der Waals surface area contributed by atoms with E-state index in [1.54, 1.807) is 0 Å². The van der Waals surface area contributed by atoms with E-state index in [-0.39, 0.29) is 20.8 Å². The number of hydrogen-bond acceptors (Lipinski definition) is 4. The highest BCUT2D eigenvalue weighted by Gasteiger charge is 2.18. The Hall–Kier alpha value is 0.0449. The SMILES string of the molecule is [B]C1CNCC(COP=O)O1. The van der Waals surface area contributed by atoms with Crippen LogP contribution in [0.5, 0.6) is 0 Å². The molecule has 0 aliphatic carbocycles. The van der Waals surface area contributed by atoms with Gasteiger partial charge in [-0.2, -0.15) is 0 Å². The van der Waals surface area contributed by atoms with Gasteiger partial charge in [0, 0.05) is 19.1 Å². The molecule has 11 heavy (non-hydrogen) atoms. The minimum atomic E-state index is -0.313. The van der Waals surface area contributed by atoms with E-state index < -0.39 is 0 Å². The van der Waals surface area contributed by atoms with Gasteiger partial charge in [-0.15, -0.1) is 0 Å². The van der Waals surface area contributed by atoms with Gasteiger partial charge in [-0.3, -0.25) is 4.52 Å². The van der Waals surface area contributed by atoms with Gasteiger partial charge < -0.3 is 10.1 Å². The van der Waals surface area contributed by atoms with Crippen molar-refractivity contribution in [2.45, 2.75) is 12.1 Å². The largest absolute Gasteiger partial charge is 0.380 e. The van der Waals surface area contributed by atoms with Crippen molar-refractivity contribution in [1.82, 2.24) is 5.32 Å². The first kappa shape index (κ1) is 9.14. The predicted octanol–water partition coefficient (Wildman–Crippen LogP) is -0.307. The third-order valence-corrected chi connectivity index (χ3v) is 1.65. The second-order valence-corrected chi connectivity index (χ2v) is 2.73. The number of rotatable bonds is 3. The standard InChI is InChI=1S/C5H9BNO3P/c6-5-2-7-1-4(10-5)3-9-11-8/h4-5,7H,1-3H2. The normalized spacial score (nSPS) is 32.4. The first-order valence-corrected chi connectivity index (χ1v) is 4.12. The molecule has 1 aliphatic heterocycles. The maximum absolute atomic E-state index is 9.90. The molecule has 1 heterocycles. The zero-order valence-electron chi connectivity index (χ0n) is 6.03. The molecule has 1 rings (SSSR count). The first-order valence-electron chi connectivity index (χ1n) is 3.39. The van der Waals surface area contributed by atoms with Crippen LogP contribution in [0.4, 0.5) is 0 Å². The van der Waals surface area contributed by atoms with Gasteiger partial charge in [0.15, 0.2) is 0 Å². The summed E-state index contributed by atoms with van der Waals surface area (Å²) in [6.45, 7) is 1.67. The molecule has 0 aromatic rings. The predicted molar refractivity (Wildman–Crippen MR) is 40.8 cm³/mol. The fourth-order valence-corrected chi connectivity index (χ4v) is 1.17. The van der Waals surface area contributed by atoms with Gasteiger partial charge in [0.1, 0.15) is 7.85 Å². The lowest BCUT2D eigenvalue weighted by Crippen LogP contribution is -2.46. The van der Waals surface area contributed by atoms with Crippen LogP contribution in [0.1, 0.15) is 0 Å². The fourth-order valence-electron chi connectivity index (χ4n) is 0.942. The van der Waals surface area contributed by atoms with Crippen LogP contribution in [0.3, 0.4) is 0 Å². The van der Waals surface area contributed by atoms with Crippen LogP contribution < -0.4 is 5.32 Å². The quantitative estimate of drug-likeness (QED) is 0.469. The zero-order valence-corrected chi connectivity index (χ0v) is 6.92. The fraction of sp³-hybridized carbons (Fsp3) is 1.00. The summed E-state index contributed by atoms with van der Waals surface area (Å²) in [4.78, 5) is 0. The van der Waals surface area contributed by atoms with E-state index in [1.807, 2.05) is 0 Å². The van der Waals surface area contributed by atoms with Gasteiger partial charge in [0.05, 0.1) is 12.7 Å². The molecule has 1 saturated heterocycles. The summed E-state index contributed by atoms with van der Waals surface area (Å²) in [6, 6.07) is -0.277. The average molecular weight is 173 g/mol. The molecule has 0 spiro atoms. The minimum Gasteiger partial charge on any atom is -0.380 e. The summed E-state index contributed by atoms with van der Waals surface area (Å²) in [5.41, 5.74) is 0. The van der Waals surface area contributed by atoms with Crippen LogP contribution in [0.2, 0.25) is 0 Å². The molecule has 60 valence electrons. The van der Waals surface area contributed by atoms with Crippen LogP contribution in [0.25, 0.3) is 0 Å². The molecule has 1 N–H and O–H groups in total. The Balaban J connectivity index is 2.17. The van der Waals surface area contributed by atoms with Crippen molar-refractivity contribution in [2.75, 3.05) is 19.7 Å². The van der Waals surface area contributed by atoms with Crippen LogP contribution in [0.15, 0.2) is 0 Å². The molecule has 0 saturated carbocycles. The van der Waals surface area contributed by atoms with Gasteiger partial charge in [0.2, 0.25) is 0 Å². The maximum Gasteiger partial charge on any atom is 0.327 e. The zero-order chi connectivity index (χ0) is 8.10. The van der Waals surface area contributed by atoms with E-state index in [1.165, 1.54) is 0 Å². The van der Waals surface area contributed by atoms with E-state index in [0.29, 0.717) is 19.7 Å². The summed E-state index contributed by atoms with van der Waals surface area (Å²) < 4.78 is 19.7. The lowest BCUT2D eigenvalue weighted by molar-refractivity contribution is -0.0178. The van der Waals surface area contributed by atoms with Gasteiger partial charge in [-0.25, -0.2) is 4.57 Å². The molecule has 1 aliphatic rings. The van der Waals surface area contributed by atoms with Crippen LogP contribution in [-0.4, -0.2) is 39.6 Å². The first-order chi connectivity index (χ1) is 5.33. The summed E-state index contributed by atoms with van der Waals surface area (Å²) in [6.07, 6.45) is -0.0831. The Morgan fingerprint density at radius 2 is 2.55 bits per heavy atom. The Bertz CT molecular complexity index is 137. The van der Waals surface area contributed by atoms with Gasteiger partial charge in [-0.05, 0) is 0 Å². The third kappa shape index (κ3) is 3.30. The molecule has 0 bridgehead atoms. The van der Waals surface area contributed by atoms with E-state index in [0.717, 1.165) is 0 Å². The second-order valence-electron chi connectivity index (χ2n) is 2.33. The van der Waals surface area contributed by atoms with Crippen molar-refractivity contribution in [1.29, 1.82) is 0 Å². The van der Waals surface area contributed by atoms with Crippen molar-refractivity contribution in [3.63, 3.8) is 0 Å². The Kier molecular flexibility index (Phi) is 4.01. The Morgan fingerprint density at radius 3 is 3.18 bits per heavy atom. The minimum absolute atomic E-state index is 0.0831. The second kappa shape index (κ2) is 4.83.